The summed E-state index contributed by atoms with van der Waals surface area (Å²) in [5.74, 6) is 0.447. The largest absolute Gasteiger partial charge is 0.391 e. The summed E-state index contributed by atoms with van der Waals surface area (Å²) in [5.41, 5.74) is 0. The Bertz CT molecular complexity index is 253. The molecule has 2 rings (SSSR count). The normalized spacial score (nSPS) is 31.4. The molecule has 3 atom stereocenters. The Morgan fingerprint density at radius 2 is 2.25 bits per heavy atom. The van der Waals surface area contributed by atoms with Gasteiger partial charge < -0.3 is 15.2 Å². The van der Waals surface area contributed by atoms with E-state index in [1.54, 1.807) is 0 Å². The summed E-state index contributed by atoms with van der Waals surface area (Å²) in [5, 5.41) is 12.5. The van der Waals surface area contributed by atoms with Gasteiger partial charge >= 0.3 is 0 Å². The summed E-state index contributed by atoms with van der Waals surface area (Å²) in [7, 11) is 0. The van der Waals surface area contributed by atoms with Crippen molar-refractivity contribution in [1.82, 2.24) is 5.32 Å². The van der Waals surface area contributed by atoms with Gasteiger partial charge in [-0.2, -0.15) is 0 Å². The molecule has 3 unspecified atom stereocenters. The van der Waals surface area contributed by atoms with Crippen molar-refractivity contribution >= 4 is 5.91 Å². The summed E-state index contributed by atoms with van der Waals surface area (Å²) < 4.78 is 5.48. The van der Waals surface area contributed by atoms with E-state index in [0.717, 1.165) is 25.7 Å². The first kappa shape index (κ1) is 11.9. The Hall–Kier alpha value is -0.610. The minimum atomic E-state index is -0.355. The topological polar surface area (TPSA) is 58.6 Å². The molecular formula is C12H21NO3. The minimum Gasteiger partial charge on any atom is -0.391 e. The summed E-state index contributed by atoms with van der Waals surface area (Å²) in [6, 6.07) is 0. The number of hydrogen-bond acceptors (Lipinski definition) is 3. The lowest BCUT2D eigenvalue weighted by atomic mass is 9.98. The van der Waals surface area contributed by atoms with E-state index in [0.29, 0.717) is 19.1 Å². The molecule has 0 radical (unpaired) electrons. The van der Waals surface area contributed by atoms with Crippen LogP contribution < -0.4 is 5.32 Å². The fraction of sp³-hybridized carbons (Fsp3) is 0.917. The molecule has 2 aliphatic rings. The van der Waals surface area contributed by atoms with Crippen LogP contribution in [-0.2, 0) is 9.53 Å². The zero-order valence-corrected chi connectivity index (χ0v) is 9.82. The number of carbonyl (C=O) groups excluding carboxylic acids is 1. The van der Waals surface area contributed by atoms with E-state index >= 15 is 0 Å². The van der Waals surface area contributed by atoms with E-state index in [1.807, 2.05) is 6.92 Å². The second kappa shape index (κ2) is 5.15. The maximum absolute atomic E-state index is 11.9. The SMILES string of the molecule is CCC1OCCC1C(=O)NCC(O)C1CC1. The first-order valence-corrected chi connectivity index (χ1v) is 6.29. The summed E-state index contributed by atoms with van der Waals surface area (Å²) >= 11 is 0. The van der Waals surface area contributed by atoms with Gasteiger partial charge in [0.2, 0.25) is 5.91 Å². The molecule has 2 N–H and O–H groups in total. The molecule has 4 heteroatoms. The van der Waals surface area contributed by atoms with Crippen LogP contribution in [0.3, 0.4) is 0 Å². The van der Waals surface area contributed by atoms with Gasteiger partial charge in [-0.15, -0.1) is 0 Å². The number of nitrogens with one attached hydrogen (secondary N) is 1. The van der Waals surface area contributed by atoms with E-state index < -0.39 is 0 Å². The van der Waals surface area contributed by atoms with E-state index in [9.17, 15) is 9.90 Å². The second-order valence-corrected chi connectivity index (χ2v) is 4.86. The zero-order valence-electron chi connectivity index (χ0n) is 9.82. The van der Waals surface area contributed by atoms with E-state index in [1.165, 1.54) is 0 Å². The van der Waals surface area contributed by atoms with E-state index in [4.69, 9.17) is 4.74 Å². The van der Waals surface area contributed by atoms with Crippen molar-refractivity contribution < 1.29 is 14.6 Å². The van der Waals surface area contributed by atoms with Crippen molar-refractivity contribution in [3.8, 4) is 0 Å². The zero-order chi connectivity index (χ0) is 11.5. The third-order valence-electron chi connectivity index (χ3n) is 3.60. The van der Waals surface area contributed by atoms with Crippen LogP contribution in [0.1, 0.15) is 32.6 Å². The first-order chi connectivity index (χ1) is 7.72. The lowest BCUT2D eigenvalue weighted by molar-refractivity contribution is -0.127. The van der Waals surface area contributed by atoms with Crippen molar-refractivity contribution in [2.45, 2.75) is 44.8 Å². The molecule has 92 valence electrons. The van der Waals surface area contributed by atoms with Crippen LogP contribution in [0.4, 0.5) is 0 Å². The first-order valence-electron chi connectivity index (χ1n) is 6.29. The van der Waals surface area contributed by atoms with Crippen LogP contribution in [0, 0.1) is 11.8 Å². The predicted octanol–water partition coefficient (Wildman–Crippen LogP) is 0.689. The van der Waals surface area contributed by atoms with Crippen LogP contribution in [0.15, 0.2) is 0 Å². The standard InChI is InChI=1S/C12H21NO3/c1-2-11-9(5-6-16-11)12(15)13-7-10(14)8-3-4-8/h8-11,14H,2-7H2,1H3,(H,13,15). The highest BCUT2D eigenvalue weighted by atomic mass is 16.5. The van der Waals surface area contributed by atoms with Crippen molar-refractivity contribution in [1.29, 1.82) is 0 Å². The van der Waals surface area contributed by atoms with Crippen LogP contribution in [0.2, 0.25) is 0 Å². The lowest BCUT2D eigenvalue weighted by Gasteiger charge is -2.17. The van der Waals surface area contributed by atoms with Gasteiger partial charge in [-0.3, -0.25) is 4.79 Å². The van der Waals surface area contributed by atoms with Crippen LogP contribution in [0.5, 0.6) is 0 Å². The van der Waals surface area contributed by atoms with Crippen LogP contribution in [-0.4, -0.2) is 36.4 Å². The molecule has 0 spiro atoms. The van der Waals surface area contributed by atoms with E-state index in [2.05, 4.69) is 5.32 Å². The van der Waals surface area contributed by atoms with Crippen LogP contribution in [0.25, 0.3) is 0 Å². The molecule has 0 aromatic carbocycles. The lowest BCUT2D eigenvalue weighted by Crippen LogP contribution is -2.39. The van der Waals surface area contributed by atoms with Gasteiger partial charge in [0, 0.05) is 13.2 Å². The number of amides is 1. The molecule has 0 aromatic heterocycles. The Morgan fingerprint density at radius 3 is 2.88 bits per heavy atom. The number of rotatable bonds is 5. The van der Waals surface area contributed by atoms with Gasteiger partial charge in [-0.25, -0.2) is 0 Å². The van der Waals surface area contributed by atoms with Crippen molar-refractivity contribution in [3.63, 3.8) is 0 Å². The van der Waals surface area contributed by atoms with E-state index in [-0.39, 0.29) is 24.0 Å². The molecule has 2 fully saturated rings. The minimum absolute atomic E-state index is 0.0172. The summed E-state index contributed by atoms with van der Waals surface area (Å²) in [4.78, 5) is 11.9. The second-order valence-electron chi connectivity index (χ2n) is 4.86. The number of aliphatic hydroxyl groups is 1. The third kappa shape index (κ3) is 2.74. The predicted molar refractivity (Wildman–Crippen MR) is 59.9 cm³/mol. The van der Waals surface area contributed by atoms with Crippen molar-refractivity contribution in [3.05, 3.63) is 0 Å². The van der Waals surface area contributed by atoms with Gasteiger partial charge in [-0.1, -0.05) is 6.92 Å². The average Bonchev–Trinajstić information content (AvgIpc) is 3.03. The maximum Gasteiger partial charge on any atom is 0.225 e. The van der Waals surface area contributed by atoms with Crippen LogP contribution >= 0.6 is 0 Å². The molecule has 16 heavy (non-hydrogen) atoms. The monoisotopic (exact) mass is 227 g/mol. The molecule has 1 saturated heterocycles. The summed E-state index contributed by atoms with van der Waals surface area (Å²) in [6.07, 6.45) is 3.60. The fourth-order valence-electron chi connectivity index (χ4n) is 2.33. The third-order valence-corrected chi connectivity index (χ3v) is 3.60. The molecule has 0 bridgehead atoms. The number of ether oxygens (including phenoxy) is 1. The average molecular weight is 227 g/mol. The molecule has 1 amide bonds. The smallest absolute Gasteiger partial charge is 0.225 e. The Balaban J connectivity index is 1.73. The summed E-state index contributed by atoms with van der Waals surface area (Å²) in [6.45, 7) is 3.12. The Labute approximate surface area is 96.4 Å². The van der Waals surface area contributed by atoms with Gasteiger partial charge in [0.25, 0.3) is 0 Å². The fourth-order valence-corrected chi connectivity index (χ4v) is 2.33. The van der Waals surface area contributed by atoms with Gasteiger partial charge in [0.05, 0.1) is 18.1 Å². The molecule has 1 aliphatic carbocycles. The number of aliphatic hydroxyl groups excluding tert-OH is 1. The molecule has 1 heterocycles. The molecule has 1 aliphatic heterocycles. The highest BCUT2D eigenvalue weighted by molar-refractivity contribution is 5.79. The van der Waals surface area contributed by atoms with Gasteiger partial charge in [-0.05, 0) is 31.6 Å². The molecule has 4 nitrogen and oxygen atoms in total. The van der Waals surface area contributed by atoms with Crippen molar-refractivity contribution in [2.24, 2.45) is 11.8 Å². The number of hydrogen-bond donors (Lipinski definition) is 2. The Morgan fingerprint density at radius 1 is 1.50 bits per heavy atom. The quantitative estimate of drug-likeness (QED) is 0.726. The highest BCUT2D eigenvalue weighted by Crippen LogP contribution is 2.32. The maximum atomic E-state index is 11.9. The molecule has 1 saturated carbocycles. The molecule has 0 aromatic rings. The highest BCUT2D eigenvalue weighted by Gasteiger charge is 2.34. The van der Waals surface area contributed by atoms with Gasteiger partial charge in [0.15, 0.2) is 0 Å². The van der Waals surface area contributed by atoms with Gasteiger partial charge in [0.1, 0.15) is 0 Å². The van der Waals surface area contributed by atoms with Crippen molar-refractivity contribution in [2.75, 3.05) is 13.2 Å². The Kier molecular flexibility index (Phi) is 3.82. The number of carbonyl (C=O) groups is 1. The molecular weight excluding hydrogens is 206 g/mol.